The highest BCUT2D eigenvalue weighted by Gasteiger charge is 2.18. The normalized spacial score (nSPS) is 11.4. The molecule has 0 fully saturated rings. The van der Waals surface area contributed by atoms with Crippen LogP contribution in [0.1, 0.15) is 27.9 Å². The number of thiazole rings is 1. The zero-order chi connectivity index (χ0) is 20.2. The van der Waals surface area contributed by atoms with Crippen LogP contribution in [0, 0.1) is 0 Å². The summed E-state index contributed by atoms with van der Waals surface area (Å²) in [6.07, 6.45) is 1.85. The number of carbonyl (C=O) groups excluding carboxylic acids is 2. The van der Waals surface area contributed by atoms with E-state index in [0.717, 1.165) is 15.8 Å². The molecule has 1 amide bonds. The van der Waals surface area contributed by atoms with Gasteiger partial charge in [-0.25, -0.2) is 4.98 Å². The molecule has 4 rings (SSSR count). The van der Waals surface area contributed by atoms with Gasteiger partial charge in [0.25, 0.3) is 0 Å². The minimum Gasteiger partial charge on any atom is -0.326 e. The zero-order valence-electron chi connectivity index (χ0n) is 15.8. The van der Waals surface area contributed by atoms with Crippen LogP contribution in [0.2, 0.25) is 0 Å². The molecular weight excluding hydrogens is 380 g/mol. The number of aromatic nitrogens is 1. The lowest BCUT2D eigenvalue weighted by atomic mass is 10.0. The van der Waals surface area contributed by atoms with E-state index in [9.17, 15) is 9.59 Å². The quantitative estimate of drug-likeness (QED) is 0.348. The van der Waals surface area contributed by atoms with Gasteiger partial charge in [0.15, 0.2) is 5.78 Å². The number of Topliss-reactive ketones (excluding diaryl/α,β-unsaturated/α-hetero) is 1. The van der Waals surface area contributed by atoms with Crippen molar-refractivity contribution in [3.05, 3.63) is 95.0 Å². The summed E-state index contributed by atoms with van der Waals surface area (Å²) in [5.41, 5.74) is 3.61. The van der Waals surface area contributed by atoms with Gasteiger partial charge in [-0.3, -0.25) is 9.59 Å². The summed E-state index contributed by atoms with van der Waals surface area (Å²) in [5.74, 6) is -0.196. The van der Waals surface area contributed by atoms with Crippen molar-refractivity contribution in [3.63, 3.8) is 0 Å². The summed E-state index contributed by atoms with van der Waals surface area (Å²) in [6, 6.07) is 24.4. The largest absolute Gasteiger partial charge is 0.326 e. The van der Waals surface area contributed by atoms with Gasteiger partial charge in [0.05, 0.1) is 15.8 Å². The van der Waals surface area contributed by atoms with Crippen LogP contribution in [0.4, 0.5) is 5.69 Å². The monoisotopic (exact) mass is 398 g/mol. The van der Waals surface area contributed by atoms with Crippen LogP contribution in [0.15, 0.2) is 78.9 Å². The van der Waals surface area contributed by atoms with Crippen molar-refractivity contribution >= 4 is 50.6 Å². The topological polar surface area (TPSA) is 59.1 Å². The number of rotatable bonds is 5. The van der Waals surface area contributed by atoms with Crippen molar-refractivity contribution in [1.29, 1.82) is 0 Å². The number of para-hydroxylation sites is 1. The van der Waals surface area contributed by atoms with E-state index in [2.05, 4.69) is 10.3 Å². The van der Waals surface area contributed by atoms with E-state index in [1.54, 1.807) is 0 Å². The Hall–Kier alpha value is -3.57. The summed E-state index contributed by atoms with van der Waals surface area (Å²) in [6.45, 7) is 1.47. The van der Waals surface area contributed by atoms with Crippen molar-refractivity contribution in [3.8, 4) is 0 Å². The molecule has 0 aliphatic rings. The second-order valence-corrected chi connectivity index (χ2v) is 7.57. The third kappa shape index (κ3) is 4.31. The molecule has 1 heterocycles. The molecule has 0 aliphatic heterocycles. The minimum atomic E-state index is -0.122. The van der Waals surface area contributed by atoms with E-state index >= 15 is 0 Å². The number of hydrogen-bond acceptors (Lipinski definition) is 4. The van der Waals surface area contributed by atoms with E-state index in [-0.39, 0.29) is 11.7 Å². The molecule has 4 aromatic rings. The number of ketones is 1. The van der Waals surface area contributed by atoms with Gasteiger partial charge in [-0.1, -0.05) is 54.6 Å². The molecule has 0 saturated carbocycles. The average Bonchev–Trinajstić information content (AvgIpc) is 3.17. The van der Waals surface area contributed by atoms with Crippen LogP contribution >= 0.6 is 11.3 Å². The predicted molar refractivity (Wildman–Crippen MR) is 119 cm³/mol. The number of amides is 1. The van der Waals surface area contributed by atoms with E-state index < -0.39 is 0 Å². The number of fused-ring (bicyclic) bond motifs is 1. The molecule has 0 spiro atoms. The van der Waals surface area contributed by atoms with Crippen LogP contribution in [0.3, 0.4) is 0 Å². The number of hydrogen-bond donors (Lipinski definition) is 1. The van der Waals surface area contributed by atoms with Crippen LogP contribution < -0.4 is 5.32 Å². The van der Waals surface area contributed by atoms with Crippen LogP contribution in [0.5, 0.6) is 0 Å². The van der Waals surface area contributed by atoms with Crippen molar-refractivity contribution in [2.45, 2.75) is 6.92 Å². The molecule has 1 N–H and O–H groups in total. The third-order valence-electron chi connectivity index (χ3n) is 4.35. The number of anilines is 1. The zero-order valence-corrected chi connectivity index (χ0v) is 16.6. The van der Waals surface area contributed by atoms with E-state index in [1.165, 1.54) is 18.3 Å². The first-order chi connectivity index (χ1) is 14.1. The molecule has 0 bridgehead atoms. The summed E-state index contributed by atoms with van der Waals surface area (Å²) in [7, 11) is 0. The highest BCUT2D eigenvalue weighted by atomic mass is 32.1. The number of benzene rings is 3. The van der Waals surface area contributed by atoms with E-state index in [4.69, 9.17) is 0 Å². The van der Waals surface area contributed by atoms with Gasteiger partial charge in [-0.15, -0.1) is 11.3 Å². The lowest BCUT2D eigenvalue weighted by molar-refractivity contribution is -0.114. The Balaban J connectivity index is 1.78. The summed E-state index contributed by atoms with van der Waals surface area (Å²) in [4.78, 5) is 29.2. The molecule has 0 radical (unpaired) electrons. The maximum absolute atomic E-state index is 13.3. The van der Waals surface area contributed by atoms with Crippen molar-refractivity contribution in [2.24, 2.45) is 0 Å². The second-order valence-electron chi connectivity index (χ2n) is 6.54. The highest BCUT2D eigenvalue weighted by Crippen LogP contribution is 2.30. The van der Waals surface area contributed by atoms with Crippen LogP contribution in [-0.2, 0) is 4.79 Å². The van der Waals surface area contributed by atoms with Gasteiger partial charge in [0.2, 0.25) is 5.91 Å². The molecule has 4 nitrogen and oxygen atoms in total. The SMILES string of the molecule is CC(=O)Nc1ccc(C=C(C(=O)c2ccccc2)c2nc3ccccc3s2)cc1. The first-order valence-corrected chi connectivity index (χ1v) is 9.97. The Morgan fingerprint density at radius 3 is 2.28 bits per heavy atom. The van der Waals surface area contributed by atoms with E-state index in [0.29, 0.717) is 21.8 Å². The predicted octanol–water partition coefficient (Wildman–Crippen LogP) is 5.68. The number of allylic oxidation sites excluding steroid dienone is 1. The maximum atomic E-state index is 13.3. The molecule has 5 heteroatoms. The molecule has 29 heavy (non-hydrogen) atoms. The first-order valence-electron chi connectivity index (χ1n) is 9.15. The fourth-order valence-electron chi connectivity index (χ4n) is 2.99. The summed E-state index contributed by atoms with van der Waals surface area (Å²) in [5, 5.41) is 3.43. The maximum Gasteiger partial charge on any atom is 0.221 e. The van der Waals surface area contributed by atoms with Gasteiger partial charge in [0.1, 0.15) is 5.01 Å². The minimum absolute atomic E-state index is 0.0735. The first kappa shape index (κ1) is 18.8. The van der Waals surface area contributed by atoms with Crippen molar-refractivity contribution < 1.29 is 9.59 Å². The highest BCUT2D eigenvalue weighted by molar-refractivity contribution is 7.20. The number of carbonyl (C=O) groups is 2. The molecule has 0 saturated heterocycles. The molecule has 1 aromatic heterocycles. The molecule has 0 unspecified atom stereocenters. The summed E-state index contributed by atoms with van der Waals surface area (Å²) < 4.78 is 1.04. The molecule has 0 atom stereocenters. The molecule has 142 valence electrons. The van der Waals surface area contributed by atoms with E-state index in [1.807, 2.05) is 84.9 Å². The Morgan fingerprint density at radius 1 is 0.897 bits per heavy atom. The Kier molecular flexibility index (Phi) is 5.31. The third-order valence-corrected chi connectivity index (χ3v) is 5.42. The fourth-order valence-corrected chi connectivity index (χ4v) is 3.97. The van der Waals surface area contributed by atoms with Gasteiger partial charge in [0, 0.05) is 18.2 Å². The van der Waals surface area contributed by atoms with Crippen molar-refractivity contribution in [1.82, 2.24) is 4.98 Å². The smallest absolute Gasteiger partial charge is 0.221 e. The van der Waals surface area contributed by atoms with Gasteiger partial charge < -0.3 is 5.32 Å². The Bertz CT molecular complexity index is 1180. The number of nitrogens with one attached hydrogen (secondary N) is 1. The Morgan fingerprint density at radius 2 is 1.59 bits per heavy atom. The lowest BCUT2D eigenvalue weighted by Gasteiger charge is -2.06. The standard InChI is InChI=1S/C24H18N2O2S/c1-16(27)25-19-13-11-17(12-14-19)15-20(23(28)18-7-3-2-4-8-18)24-26-21-9-5-6-10-22(21)29-24/h2-15H,1H3,(H,25,27). The van der Waals surface area contributed by atoms with Gasteiger partial charge >= 0.3 is 0 Å². The van der Waals surface area contributed by atoms with Crippen molar-refractivity contribution in [2.75, 3.05) is 5.32 Å². The van der Waals surface area contributed by atoms with Crippen LogP contribution in [-0.4, -0.2) is 16.7 Å². The second kappa shape index (κ2) is 8.20. The molecular formula is C24H18N2O2S. The van der Waals surface area contributed by atoms with Gasteiger partial charge in [-0.05, 0) is 35.9 Å². The summed E-state index contributed by atoms with van der Waals surface area (Å²) >= 11 is 1.50. The molecule has 0 aliphatic carbocycles. The molecule has 3 aromatic carbocycles. The Labute approximate surface area is 172 Å². The number of nitrogens with zero attached hydrogens (tertiary/aromatic N) is 1. The van der Waals surface area contributed by atoms with Gasteiger partial charge in [-0.2, -0.15) is 0 Å². The average molecular weight is 398 g/mol. The fraction of sp³-hybridized carbons (Fsp3) is 0.0417. The lowest BCUT2D eigenvalue weighted by Crippen LogP contribution is -2.05. The van der Waals surface area contributed by atoms with Crippen LogP contribution in [0.25, 0.3) is 21.9 Å².